The smallest absolute Gasteiger partial charge is 0.338 e. The lowest BCUT2D eigenvalue weighted by Gasteiger charge is -2.34. The number of nitrogens with zero attached hydrogens (tertiary/aromatic N) is 4. The van der Waals surface area contributed by atoms with E-state index in [1.54, 1.807) is 6.07 Å². The Morgan fingerprint density at radius 1 is 1.14 bits per heavy atom. The van der Waals surface area contributed by atoms with E-state index in [0.29, 0.717) is 16.9 Å². The third-order valence-corrected chi connectivity index (χ3v) is 6.29. The molecule has 1 amide bonds. The van der Waals surface area contributed by atoms with E-state index in [9.17, 15) is 22.4 Å². The van der Waals surface area contributed by atoms with Crippen molar-refractivity contribution < 1.29 is 26.7 Å². The number of benzene rings is 1. The number of carbonyl (C=O) groups is 1. The molecule has 3 aromatic rings. The van der Waals surface area contributed by atoms with Crippen LogP contribution in [-0.2, 0) is 11.3 Å². The summed E-state index contributed by atoms with van der Waals surface area (Å²) in [6.45, 7) is -0.792. The van der Waals surface area contributed by atoms with Crippen LogP contribution in [0, 0.1) is 17.6 Å². The van der Waals surface area contributed by atoms with Gasteiger partial charge in [0.1, 0.15) is 17.5 Å². The zero-order valence-corrected chi connectivity index (χ0v) is 18.4. The first-order valence-electron chi connectivity index (χ1n) is 11.0. The Balaban J connectivity index is 1.49. The maximum absolute atomic E-state index is 15.0. The van der Waals surface area contributed by atoms with Crippen molar-refractivity contribution in [1.29, 1.82) is 0 Å². The molecule has 0 bridgehead atoms. The number of hydrogen-bond donors (Lipinski definition) is 2. The first-order chi connectivity index (χ1) is 16.7. The number of amides is 1. The zero-order valence-electron chi connectivity index (χ0n) is 18.4. The second-order valence-corrected chi connectivity index (χ2v) is 8.70. The Labute approximate surface area is 196 Å². The number of piperidine rings is 1. The predicted octanol–water partition coefficient (Wildman–Crippen LogP) is 4.61. The van der Waals surface area contributed by atoms with E-state index >= 15 is 4.39 Å². The van der Waals surface area contributed by atoms with Crippen LogP contribution >= 0.6 is 0 Å². The van der Waals surface area contributed by atoms with Crippen molar-refractivity contribution in [2.75, 3.05) is 29.9 Å². The molecule has 4 heterocycles. The third-order valence-electron chi connectivity index (χ3n) is 6.29. The molecule has 7 nitrogen and oxygen atoms in total. The molecule has 0 spiro atoms. The minimum Gasteiger partial charge on any atom is -0.338 e. The Hall–Kier alpha value is -3.54. The van der Waals surface area contributed by atoms with Gasteiger partial charge in [-0.3, -0.25) is 14.8 Å². The van der Waals surface area contributed by atoms with Gasteiger partial charge in [0.25, 0.3) is 0 Å². The maximum Gasteiger partial charge on any atom is 0.401 e. The normalized spacial score (nSPS) is 16.9. The van der Waals surface area contributed by atoms with Crippen LogP contribution < -0.4 is 10.2 Å². The molecule has 1 aromatic carbocycles. The predicted molar refractivity (Wildman–Crippen MR) is 118 cm³/mol. The van der Waals surface area contributed by atoms with Gasteiger partial charge in [-0.15, -0.1) is 0 Å². The average Bonchev–Trinajstić information content (AvgIpc) is 3.28. The van der Waals surface area contributed by atoms with E-state index in [2.05, 4.69) is 20.5 Å². The van der Waals surface area contributed by atoms with Gasteiger partial charge in [-0.05, 0) is 44.1 Å². The largest absolute Gasteiger partial charge is 0.401 e. The van der Waals surface area contributed by atoms with Crippen molar-refractivity contribution in [2.45, 2.75) is 25.6 Å². The molecule has 0 aliphatic carbocycles. The minimum absolute atomic E-state index is 0.0320. The number of carbonyl (C=O) groups excluding carboxylic acids is 1. The highest BCUT2D eigenvalue weighted by atomic mass is 19.4. The molecule has 1 saturated heterocycles. The van der Waals surface area contributed by atoms with Crippen LogP contribution in [0.5, 0.6) is 0 Å². The molecule has 184 valence electrons. The van der Waals surface area contributed by atoms with Crippen LogP contribution in [0.2, 0.25) is 0 Å². The van der Waals surface area contributed by atoms with Gasteiger partial charge in [0.05, 0.1) is 36.4 Å². The first kappa shape index (κ1) is 23.2. The van der Waals surface area contributed by atoms with Gasteiger partial charge in [-0.1, -0.05) is 0 Å². The molecule has 2 N–H and O–H groups in total. The van der Waals surface area contributed by atoms with Crippen LogP contribution in [0.1, 0.15) is 18.4 Å². The number of aromatic amines is 1. The van der Waals surface area contributed by atoms with Crippen molar-refractivity contribution in [1.82, 2.24) is 20.1 Å². The Morgan fingerprint density at radius 2 is 1.91 bits per heavy atom. The highest BCUT2D eigenvalue weighted by Crippen LogP contribution is 2.40. The monoisotopic (exact) mass is 492 g/mol. The molecule has 0 unspecified atom stereocenters. The van der Waals surface area contributed by atoms with E-state index in [1.165, 1.54) is 34.2 Å². The van der Waals surface area contributed by atoms with Gasteiger partial charge in [0, 0.05) is 29.3 Å². The van der Waals surface area contributed by atoms with Crippen LogP contribution in [0.15, 0.2) is 36.7 Å². The van der Waals surface area contributed by atoms with Gasteiger partial charge >= 0.3 is 6.18 Å². The number of halogens is 5. The van der Waals surface area contributed by atoms with Crippen LogP contribution in [-0.4, -0.2) is 51.8 Å². The first-order valence-corrected chi connectivity index (χ1v) is 11.0. The molecule has 5 rings (SSSR count). The number of aromatic nitrogens is 3. The molecular formula is C23H21F5N6O. The zero-order chi connectivity index (χ0) is 24.7. The number of hydrogen-bond acceptors (Lipinski definition) is 5. The second kappa shape index (κ2) is 8.91. The Bertz CT molecular complexity index is 1240. The molecule has 0 radical (unpaired) electrons. The molecule has 2 aliphatic rings. The van der Waals surface area contributed by atoms with Crippen molar-refractivity contribution in [3.63, 3.8) is 0 Å². The fraction of sp³-hybridized carbons (Fsp3) is 0.348. The number of pyridine rings is 1. The fourth-order valence-corrected chi connectivity index (χ4v) is 4.60. The summed E-state index contributed by atoms with van der Waals surface area (Å²) in [4.78, 5) is 20.4. The topological polar surface area (TPSA) is 77.2 Å². The van der Waals surface area contributed by atoms with Crippen molar-refractivity contribution in [2.24, 2.45) is 5.92 Å². The summed E-state index contributed by atoms with van der Waals surface area (Å²) < 4.78 is 67.3. The second-order valence-electron chi connectivity index (χ2n) is 8.70. The number of anilines is 3. The number of rotatable bonds is 3. The molecular weight excluding hydrogens is 471 g/mol. The Morgan fingerprint density at radius 3 is 2.60 bits per heavy atom. The molecule has 0 saturated carbocycles. The molecule has 12 heteroatoms. The quantitative estimate of drug-likeness (QED) is 0.522. The highest BCUT2D eigenvalue weighted by molar-refractivity contribution is 6.00. The van der Waals surface area contributed by atoms with Gasteiger partial charge in [0.2, 0.25) is 5.91 Å². The molecule has 1 fully saturated rings. The molecule has 2 aromatic heterocycles. The summed E-state index contributed by atoms with van der Waals surface area (Å²) in [6, 6.07) is 5.57. The fourth-order valence-electron chi connectivity index (χ4n) is 4.60. The van der Waals surface area contributed by atoms with Gasteiger partial charge in [-0.25, -0.2) is 13.8 Å². The number of H-pyrrole nitrogens is 1. The van der Waals surface area contributed by atoms with E-state index in [1.807, 2.05) is 0 Å². The lowest BCUT2D eigenvalue weighted by molar-refractivity contribution is -0.149. The summed E-state index contributed by atoms with van der Waals surface area (Å²) in [5.74, 6) is -1.72. The number of alkyl halides is 3. The lowest BCUT2D eigenvalue weighted by atomic mass is 9.94. The van der Waals surface area contributed by atoms with Crippen molar-refractivity contribution >= 4 is 23.1 Å². The van der Waals surface area contributed by atoms with E-state index < -0.39 is 30.3 Å². The summed E-state index contributed by atoms with van der Waals surface area (Å²) in [7, 11) is 0. The van der Waals surface area contributed by atoms with Crippen LogP contribution in [0.3, 0.4) is 0 Å². The SMILES string of the molecule is O=C(C1CCN(CC(F)(F)F)CC1)N1Cc2cc(F)cnc2Nc2cc(F)c(-c3ccn[nH]3)cc21. The van der Waals surface area contributed by atoms with Crippen molar-refractivity contribution in [3.05, 3.63) is 53.9 Å². The molecule has 35 heavy (non-hydrogen) atoms. The third kappa shape index (κ3) is 4.83. The highest BCUT2D eigenvalue weighted by Gasteiger charge is 2.36. The lowest BCUT2D eigenvalue weighted by Crippen LogP contribution is -2.45. The van der Waals surface area contributed by atoms with Gasteiger partial charge < -0.3 is 10.2 Å². The van der Waals surface area contributed by atoms with E-state index in [0.717, 1.165) is 6.20 Å². The summed E-state index contributed by atoms with van der Waals surface area (Å²) in [5.41, 5.74) is 1.62. The van der Waals surface area contributed by atoms with Gasteiger partial charge in [0.15, 0.2) is 0 Å². The summed E-state index contributed by atoms with van der Waals surface area (Å²) in [6.07, 6.45) is -1.32. The number of fused-ring (bicyclic) bond motifs is 2. The van der Waals surface area contributed by atoms with E-state index in [4.69, 9.17) is 0 Å². The van der Waals surface area contributed by atoms with E-state index in [-0.39, 0.29) is 55.5 Å². The molecule has 2 aliphatic heterocycles. The minimum atomic E-state index is -4.31. The maximum atomic E-state index is 15.0. The van der Waals surface area contributed by atoms with Crippen molar-refractivity contribution in [3.8, 4) is 11.3 Å². The molecule has 0 atom stereocenters. The Kier molecular flexibility index (Phi) is 5.91. The van der Waals surface area contributed by atoms with Crippen LogP contribution in [0.4, 0.5) is 39.1 Å². The standard InChI is InChI=1S/C23H21F5N6O/c24-15-7-14-11-34(22(35)13-2-5-33(6-3-13)12-23(26,27)28)20-8-16(18-1-4-30-32-18)17(25)9-19(20)31-21(14)29-10-15/h1,4,7-10,13H,2-3,5-6,11-12H2,(H,29,31)(H,30,32). The number of likely N-dealkylation sites (tertiary alicyclic amines) is 1. The average molecular weight is 492 g/mol. The van der Waals surface area contributed by atoms with Gasteiger partial charge in [-0.2, -0.15) is 18.3 Å². The van der Waals surface area contributed by atoms with Crippen LogP contribution in [0.25, 0.3) is 11.3 Å². The number of nitrogens with one attached hydrogen (secondary N) is 2. The summed E-state index contributed by atoms with van der Waals surface area (Å²) >= 11 is 0. The summed E-state index contributed by atoms with van der Waals surface area (Å²) in [5, 5.41) is 9.54.